The number of nitrogens with zero attached hydrogens (tertiary/aromatic N) is 3. The molecule has 0 atom stereocenters. The Kier molecular flexibility index (Phi) is 5.62. The Morgan fingerprint density at radius 3 is 2.38 bits per heavy atom. The van der Waals surface area contributed by atoms with Crippen molar-refractivity contribution < 1.29 is 13.9 Å². The number of hydrogen-bond acceptors (Lipinski definition) is 5. The van der Waals surface area contributed by atoms with E-state index in [0.29, 0.717) is 18.9 Å². The largest absolute Gasteiger partial charge is 0.378 e. The van der Waals surface area contributed by atoms with E-state index in [1.165, 1.54) is 12.1 Å². The fourth-order valence-corrected chi connectivity index (χ4v) is 3.01. The summed E-state index contributed by atoms with van der Waals surface area (Å²) >= 11 is 0. The standard InChI is InChI=1S/C21H20FN5O2/c22-17-3-1-2-4-19(17)24-21(28)23-16-7-5-15(6-8-16)18-9-10-20(26-25-18)27-11-13-29-14-12-27/h1-10H,11-14H2,(H2,23,24,28). The SMILES string of the molecule is O=C(Nc1ccc(-c2ccc(N3CCOCC3)nn2)cc1)Nc1ccccc1F. The first-order valence-electron chi connectivity index (χ1n) is 9.28. The summed E-state index contributed by atoms with van der Waals surface area (Å²) in [4.78, 5) is 14.2. The number of carbonyl (C=O) groups is 1. The number of nitrogens with one attached hydrogen (secondary N) is 2. The molecule has 7 nitrogen and oxygen atoms in total. The Labute approximate surface area is 167 Å². The number of hydrogen-bond donors (Lipinski definition) is 2. The molecule has 0 radical (unpaired) electrons. The summed E-state index contributed by atoms with van der Waals surface area (Å²) in [6.45, 7) is 3.01. The lowest BCUT2D eigenvalue weighted by Gasteiger charge is -2.27. The zero-order valence-corrected chi connectivity index (χ0v) is 15.6. The summed E-state index contributed by atoms with van der Waals surface area (Å²) in [5, 5.41) is 13.8. The van der Waals surface area contributed by atoms with E-state index in [1.54, 1.807) is 24.3 Å². The van der Waals surface area contributed by atoms with Gasteiger partial charge in [0.1, 0.15) is 5.82 Å². The Morgan fingerprint density at radius 2 is 1.69 bits per heavy atom. The third-order valence-electron chi connectivity index (χ3n) is 4.55. The summed E-state index contributed by atoms with van der Waals surface area (Å²) in [6, 6.07) is 16.6. The maximum Gasteiger partial charge on any atom is 0.323 e. The van der Waals surface area contributed by atoms with Crippen LogP contribution in [0.2, 0.25) is 0 Å². The van der Waals surface area contributed by atoms with Gasteiger partial charge >= 0.3 is 6.03 Å². The van der Waals surface area contributed by atoms with E-state index in [9.17, 15) is 9.18 Å². The molecule has 1 aliphatic heterocycles. The van der Waals surface area contributed by atoms with Gasteiger partial charge in [0, 0.05) is 24.3 Å². The van der Waals surface area contributed by atoms with E-state index in [0.717, 1.165) is 30.2 Å². The van der Waals surface area contributed by atoms with Crippen LogP contribution < -0.4 is 15.5 Å². The molecule has 3 aromatic rings. The molecule has 2 aromatic carbocycles. The zero-order chi connectivity index (χ0) is 20.1. The molecule has 1 fully saturated rings. The fourth-order valence-electron chi connectivity index (χ4n) is 3.01. The van der Waals surface area contributed by atoms with Crippen molar-refractivity contribution in [3.8, 4) is 11.3 Å². The van der Waals surface area contributed by atoms with E-state index in [1.807, 2.05) is 24.3 Å². The van der Waals surface area contributed by atoms with Crippen molar-refractivity contribution >= 4 is 23.2 Å². The Morgan fingerprint density at radius 1 is 0.931 bits per heavy atom. The highest BCUT2D eigenvalue weighted by atomic mass is 19.1. The summed E-state index contributed by atoms with van der Waals surface area (Å²) in [5.74, 6) is 0.345. The molecule has 1 aromatic heterocycles. The molecule has 2 N–H and O–H groups in total. The Bertz CT molecular complexity index is 973. The van der Waals surface area contributed by atoms with Crippen LogP contribution in [-0.2, 0) is 4.74 Å². The van der Waals surface area contributed by atoms with Gasteiger partial charge < -0.3 is 20.3 Å². The van der Waals surface area contributed by atoms with Gasteiger partial charge in [0.2, 0.25) is 0 Å². The number of aromatic nitrogens is 2. The second-order valence-corrected chi connectivity index (χ2v) is 6.51. The van der Waals surface area contributed by atoms with Crippen LogP contribution in [-0.4, -0.2) is 42.5 Å². The number of benzene rings is 2. The molecule has 4 rings (SSSR count). The molecule has 0 saturated carbocycles. The van der Waals surface area contributed by atoms with E-state index in [-0.39, 0.29) is 5.69 Å². The molecular weight excluding hydrogens is 373 g/mol. The average Bonchev–Trinajstić information content (AvgIpc) is 2.77. The molecule has 148 valence electrons. The number of para-hydroxylation sites is 1. The number of ether oxygens (including phenoxy) is 1. The van der Waals surface area contributed by atoms with E-state index in [4.69, 9.17) is 4.74 Å². The third-order valence-corrected chi connectivity index (χ3v) is 4.55. The maximum atomic E-state index is 13.6. The van der Waals surface area contributed by atoms with Crippen LogP contribution in [0.3, 0.4) is 0 Å². The number of morpholine rings is 1. The first-order chi connectivity index (χ1) is 14.2. The van der Waals surface area contributed by atoms with Gasteiger partial charge in [-0.05, 0) is 36.4 Å². The summed E-state index contributed by atoms with van der Waals surface area (Å²) in [5.41, 5.74) is 2.33. The van der Waals surface area contributed by atoms with Gasteiger partial charge in [-0.1, -0.05) is 24.3 Å². The van der Waals surface area contributed by atoms with Crippen molar-refractivity contribution in [3.63, 3.8) is 0 Å². The summed E-state index contributed by atoms with van der Waals surface area (Å²) in [7, 11) is 0. The highest BCUT2D eigenvalue weighted by Crippen LogP contribution is 2.21. The molecular formula is C21H20FN5O2. The molecule has 8 heteroatoms. The van der Waals surface area contributed by atoms with Crippen LogP contribution >= 0.6 is 0 Å². The molecule has 2 heterocycles. The molecule has 0 aliphatic carbocycles. The van der Waals surface area contributed by atoms with E-state index >= 15 is 0 Å². The minimum absolute atomic E-state index is 0.122. The number of halogens is 1. The third kappa shape index (κ3) is 4.67. The highest BCUT2D eigenvalue weighted by molar-refractivity contribution is 5.99. The smallest absolute Gasteiger partial charge is 0.323 e. The number of urea groups is 1. The predicted octanol–water partition coefficient (Wildman–Crippen LogP) is 3.76. The van der Waals surface area contributed by atoms with Crippen LogP contribution in [0.15, 0.2) is 60.7 Å². The van der Waals surface area contributed by atoms with Gasteiger partial charge in [-0.25, -0.2) is 9.18 Å². The first-order valence-corrected chi connectivity index (χ1v) is 9.28. The first kappa shape index (κ1) is 18.8. The van der Waals surface area contributed by atoms with Gasteiger partial charge in [0.05, 0.1) is 24.6 Å². The number of amides is 2. The van der Waals surface area contributed by atoms with E-state index < -0.39 is 11.8 Å². The minimum Gasteiger partial charge on any atom is -0.378 e. The number of anilines is 3. The molecule has 0 unspecified atom stereocenters. The van der Waals surface area contributed by atoms with Gasteiger partial charge in [0.15, 0.2) is 5.82 Å². The second kappa shape index (κ2) is 8.66. The molecule has 1 aliphatic rings. The predicted molar refractivity (Wildman–Crippen MR) is 110 cm³/mol. The van der Waals surface area contributed by atoms with Crippen molar-refractivity contribution in [2.24, 2.45) is 0 Å². The van der Waals surface area contributed by atoms with Gasteiger partial charge in [-0.15, -0.1) is 10.2 Å². The molecule has 29 heavy (non-hydrogen) atoms. The van der Waals surface area contributed by atoms with Gasteiger partial charge in [-0.2, -0.15) is 0 Å². The van der Waals surface area contributed by atoms with Gasteiger partial charge in [-0.3, -0.25) is 0 Å². The van der Waals surface area contributed by atoms with Crippen LogP contribution in [0.4, 0.5) is 26.4 Å². The maximum absolute atomic E-state index is 13.6. The minimum atomic E-state index is -0.516. The van der Waals surface area contributed by atoms with E-state index in [2.05, 4.69) is 25.7 Å². The fraction of sp³-hybridized carbons (Fsp3) is 0.190. The van der Waals surface area contributed by atoms with Crippen LogP contribution in [0.1, 0.15) is 0 Å². The quantitative estimate of drug-likeness (QED) is 0.706. The van der Waals surface area contributed by atoms with Crippen LogP contribution in [0.25, 0.3) is 11.3 Å². The molecule has 0 bridgehead atoms. The monoisotopic (exact) mass is 393 g/mol. The Balaban J connectivity index is 1.38. The van der Waals surface area contributed by atoms with Crippen LogP contribution in [0.5, 0.6) is 0 Å². The van der Waals surface area contributed by atoms with Crippen molar-refractivity contribution in [1.29, 1.82) is 0 Å². The number of rotatable bonds is 4. The molecule has 2 amide bonds. The normalized spacial score (nSPS) is 13.8. The highest BCUT2D eigenvalue weighted by Gasteiger charge is 2.13. The lowest BCUT2D eigenvalue weighted by Crippen LogP contribution is -2.36. The van der Waals surface area contributed by atoms with Crippen molar-refractivity contribution in [3.05, 3.63) is 66.5 Å². The van der Waals surface area contributed by atoms with Crippen molar-refractivity contribution in [2.75, 3.05) is 41.8 Å². The average molecular weight is 393 g/mol. The lowest BCUT2D eigenvalue weighted by atomic mass is 10.1. The molecule has 1 saturated heterocycles. The summed E-state index contributed by atoms with van der Waals surface area (Å²) < 4.78 is 19.0. The zero-order valence-electron chi connectivity index (χ0n) is 15.6. The topological polar surface area (TPSA) is 79.4 Å². The van der Waals surface area contributed by atoms with Crippen molar-refractivity contribution in [2.45, 2.75) is 0 Å². The number of carbonyl (C=O) groups excluding carboxylic acids is 1. The van der Waals surface area contributed by atoms with Gasteiger partial charge in [0.25, 0.3) is 0 Å². The Hall–Kier alpha value is -3.52. The molecule has 0 spiro atoms. The second-order valence-electron chi connectivity index (χ2n) is 6.51. The lowest BCUT2D eigenvalue weighted by molar-refractivity contribution is 0.122. The van der Waals surface area contributed by atoms with Crippen LogP contribution in [0, 0.1) is 5.82 Å². The van der Waals surface area contributed by atoms with Crippen molar-refractivity contribution in [1.82, 2.24) is 10.2 Å². The summed E-state index contributed by atoms with van der Waals surface area (Å²) in [6.07, 6.45) is 0.